The third-order valence-corrected chi connectivity index (χ3v) is 3.56. The molecule has 0 aromatic carbocycles. The Bertz CT molecular complexity index is 291. The molecule has 1 N–H and O–H groups in total. The average Bonchev–Trinajstić information content (AvgIpc) is 2.87. The first-order chi connectivity index (χ1) is 6.86. The van der Waals surface area contributed by atoms with E-state index < -0.39 is 0 Å². The predicted octanol–water partition coefficient (Wildman–Crippen LogP) is 2.26. The van der Waals surface area contributed by atoms with Crippen LogP contribution in [0.5, 0.6) is 0 Å². The van der Waals surface area contributed by atoms with Gasteiger partial charge in [0.1, 0.15) is 5.78 Å². The summed E-state index contributed by atoms with van der Waals surface area (Å²) in [5.41, 5.74) is 0. The fourth-order valence-electron chi connectivity index (χ4n) is 1.83. The molecule has 1 fully saturated rings. The normalized spacial score (nSPS) is 17.4. The molecule has 1 saturated carbocycles. The van der Waals surface area contributed by atoms with Gasteiger partial charge < -0.3 is 4.98 Å². The number of ketones is 1. The molecular weight excluding hydrogens is 196 g/mol. The van der Waals surface area contributed by atoms with Gasteiger partial charge in [0, 0.05) is 18.3 Å². The number of thioether (sulfide) groups is 1. The second-order valence-electron chi connectivity index (χ2n) is 3.63. The number of Topliss-reactive ketones (excluding diaryl/α,β-unsaturated/α-hetero) is 1. The van der Waals surface area contributed by atoms with E-state index in [1.54, 1.807) is 12.4 Å². The molecule has 3 nitrogen and oxygen atoms in total. The van der Waals surface area contributed by atoms with Gasteiger partial charge in [-0.15, -0.1) is 0 Å². The number of aromatic nitrogens is 2. The summed E-state index contributed by atoms with van der Waals surface area (Å²) in [6, 6.07) is 0. The van der Waals surface area contributed by atoms with Gasteiger partial charge in [0.2, 0.25) is 0 Å². The van der Waals surface area contributed by atoms with Crippen LogP contribution in [0.3, 0.4) is 0 Å². The first-order valence-electron chi connectivity index (χ1n) is 5.01. The molecule has 76 valence electrons. The third-order valence-electron chi connectivity index (χ3n) is 2.63. The minimum absolute atomic E-state index is 0.331. The second-order valence-corrected chi connectivity index (χ2v) is 4.59. The van der Waals surface area contributed by atoms with E-state index >= 15 is 0 Å². The maximum absolute atomic E-state index is 11.7. The van der Waals surface area contributed by atoms with E-state index in [1.807, 2.05) is 0 Å². The Morgan fingerprint density at radius 3 is 3.00 bits per heavy atom. The highest BCUT2D eigenvalue weighted by Gasteiger charge is 2.22. The fourth-order valence-corrected chi connectivity index (χ4v) is 2.64. The van der Waals surface area contributed by atoms with Crippen molar-refractivity contribution < 1.29 is 4.79 Å². The van der Waals surface area contributed by atoms with Crippen LogP contribution in [0.4, 0.5) is 0 Å². The van der Waals surface area contributed by atoms with E-state index in [2.05, 4.69) is 9.97 Å². The molecule has 2 rings (SSSR count). The zero-order valence-electron chi connectivity index (χ0n) is 8.03. The predicted molar refractivity (Wildman–Crippen MR) is 56.3 cm³/mol. The van der Waals surface area contributed by atoms with Gasteiger partial charge in [0.15, 0.2) is 5.16 Å². The highest BCUT2D eigenvalue weighted by Crippen LogP contribution is 2.27. The van der Waals surface area contributed by atoms with Gasteiger partial charge in [-0.25, -0.2) is 4.98 Å². The molecule has 14 heavy (non-hydrogen) atoms. The number of rotatable bonds is 4. The average molecular weight is 210 g/mol. The molecule has 0 unspecified atom stereocenters. The summed E-state index contributed by atoms with van der Waals surface area (Å²) in [5.74, 6) is 1.29. The minimum atomic E-state index is 0.331. The van der Waals surface area contributed by atoms with Crippen molar-refractivity contribution >= 4 is 17.5 Å². The summed E-state index contributed by atoms with van der Waals surface area (Å²) in [7, 11) is 0. The zero-order chi connectivity index (χ0) is 9.80. The number of carbonyl (C=O) groups excluding carboxylic acids is 1. The largest absolute Gasteiger partial charge is 0.340 e. The summed E-state index contributed by atoms with van der Waals surface area (Å²) in [4.78, 5) is 18.7. The Labute approximate surface area is 87.7 Å². The lowest BCUT2D eigenvalue weighted by Crippen LogP contribution is -2.12. The standard InChI is InChI=1S/C10H14N2OS/c13-9(8-3-1-2-4-8)7-14-10-11-5-6-12-10/h5-6,8H,1-4,7H2,(H,11,12). The van der Waals surface area contributed by atoms with Crippen LogP contribution in [0.1, 0.15) is 25.7 Å². The Morgan fingerprint density at radius 2 is 2.36 bits per heavy atom. The number of hydrogen-bond donors (Lipinski definition) is 1. The quantitative estimate of drug-likeness (QED) is 0.775. The summed E-state index contributed by atoms with van der Waals surface area (Å²) >= 11 is 1.51. The van der Waals surface area contributed by atoms with Crippen molar-refractivity contribution in [3.8, 4) is 0 Å². The van der Waals surface area contributed by atoms with Crippen molar-refractivity contribution in [2.75, 3.05) is 5.75 Å². The van der Waals surface area contributed by atoms with E-state index in [1.165, 1.54) is 24.6 Å². The van der Waals surface area contributed by atoms with Crippen LogP contribution in [-0.2, 0) is 4.79 Å². The molecule has 0 aliphatic heterocycles. The molecular formula is C10H14N2OS. The van der Waals surface area contributed by atoms with Gasteiger partial charge in [0.25, 0.3) is 0 Å². The van der Waals surface area contributed by atoms with Crippen LogP contribution in [0.15, 0.2) is 17.6 Å². The van der Waals surface area contributed by atoms with E-state index in [0.717, 1.165) is 18.0 Å². The topological polar surface area (TPSA) is 45.8 Å². The number of imidazole rings is 1. The minimum Gasteiger partial charge on any atom is -0.340 e. The van der Waals surface area contributed by atoms with Crippen LogP contribution in [0, 0.1) is 5.92 Å². The molecule has 4 heteroatoms. The van der Waals surface area contributed by atoms with Gasteiger partial charge >= 0.3 is 0 Å². The van der Waals surface area contributed by atoms with Gasteiger partial charge in [-0.2, -0.15) is 0 Å². The van der Waals surface area contributed by atoms with E-state index in [4.69, 9.17) is 0 Å². The van der Waals surface area contributed by atoms with Crippen LogP contribution in [0.25, 0.3) is 0 Å². The number of nitrogens with zero attached hydrogens (tertiary/aromatic N) is 1. The van der Waals surface area contributed by atoms with E-state index in [-0.39, 0.29) is 0 Å². The fraction of sp³-hybridized carbons (Fsp3) is 0.600. The van der Waals surface area contributed by atoms with Gasteiger partial charge in [-0.05, 0) is 12.8 Å². The van der Waals surface area contributed by atoms with Gasteiger partial charge in [0.05, 0.1) is 5.75 Å². The zero-order valence-corrected chi connectivity index (χ0v) is 8.85. The maximum atomic E-state index is 11.7. The van der Waals surface area contributed by atoms with Gasteiger partial charge in [-0.1, -0.05) is 24.6 Å². The molecule has 1 aromatic heterocycles. The Hall–Kier alpha value is -0.770. The van der Waals surface area contributed by atoms with Gasteiger partial charge in [-0.3, -0.25) is 4.79 Å². The number of H-pyrrole nitrogens is 1. The van der Waals surface area contributed by atoms with E-state index in [0.29, 0.717) is 17.5 Å². The monoisotopic (exact) mass is 210 g/mol. The third kappa shape index (κ3) is 2.38. The second kappa shape index (κ2) is 4.64. The van der Waals surface area contributed by atoms with Crippen LogP contribution >= 0.6 is 11.8 Å². The van der Waals surface area contributed by atoms with Crippen molar-refractivity contribution in [3.05, 3.63) is 12.4 Å². The van der Waals surface area contributed by atoms with Crippen molar-refractivity contribution in [3.63, 3.8) is 0 Å². The number of hydrogen-bond acceptors (Lipinski definition) is 3. The van der Waals surface area contributed by atoms with Crippen molar-refractivity contribution in [2.24, 2.45) is 5.92 Å². The molecule has 0 amide bonds. The molecule has 1 heterocycles. The van der Waals surface area contributed by atoms with Crippen LogP contribution in [0.2, 0.25) is 0 Å². The number of carbonyl (C=O) groups is 1. The molecule has 1 aliphatic rings. The summed E-state index contributed by atoms with van der Waals surface area (Å²) in [6.07, 6.45) is 8.13. The SMILES string of the molecule is O=C(CSc1ncc[nH]1)C1CCCC1. The Balaban J connectivity index is 1.77. The molecule has 0 bridgehead atoms. The molecule has 0 radical (unpaired) electrons. The highest BCUT2D eigenvalue weighted by atomic mass is 32.2. The van der Waals surface area contributed by atoms with Crippen molar-refractivity contribution in [2.45, 2.75) is 30.8 Å². The number of nitrogens with one attached hydrogen (secondary N) is 1. The first kappa shape index (κ1) is 9.77. The lowest BCUT2D eigenvalue weighted by Gasteiger charge is -2.05. The van der Waals surface area contributed by atoms with Crippen LogP contribution in [-0.4, -0.2) is 21.5 Å². The maximum Gasteiger partial charge on any atom is 0.165 e. The molecule has 0 saturated heterocycles. The van der Waals surface area contributed by atoms with E-state index in [9.17, 15) is 4.79 Å². The van der Waals surface area contributed by atoms with Crippen molar-refractivity contribution in [1.82, 2.24) is 9.97 Å². The lowest BCUT2D eigenvalue weighted by molar-refractivity contribution is -0.120. The molecule has 0 atom stereocenters. The molecule has 0 spiro atoms. The molecule has 1 aromatic rings. The smallest absolute Gasteiger partial charge is 0.165 e. The lowest BCUT2D eigenvalue weighted by atomic mass is 10.0. The van der Waals surface area contributed by atoms with Crippen molar-refractivity contribution in [1.29, 1.82) is 0 Å². The van der Waals surface area contributed by atoms with Crippen LogP contribution < -0.4 is 0 Å². The highest BCUT2D eigenvalue weighted by molar-refractivity contribution is 7.99. The Kier molecular flexibility index (Phi) is 3.24. The molecule has 1 aliphatic carbocycles. The first-order valence-corrected chi connectivity index (χ1v) is 6.00. The number of aromatic amines is 1. The summed E-state index contributed by atoms with van der Waals surface area (Å²) in [5, 5.41) is 0.844. The Morgan fingerprint density at radius 1 is 1.57 bits per heavy atom. The summed E-state index contributed by atoms with van der Waals surface area (Å²) < 4.78 is 0. The summed E-state index contributed by atoms with van der Waals surface area (Å²) in [6.45, 7) is 0.